The minimum Gasteiger partial charge on any atom is -0.486 e. The van der Waals surface area contributed by atoms with Gasteiger partial charge in [0.2, 0.25) is 0 Å². The Hall–Kier alpha value is -1.78. The first-order chi connectivity index (χ1) is 8.72. The maximum absolute atomic E-state index is 11.1. The third-order valence-corrected chi connectivity index (χ3v) is 3.40. The van der Waals surface area contributed by atoms with Crippen molar-refractivity contribution in [2.45, 2.75) is 25.7 Å². The Morgan fingerprint density at radius 2 is 2.17 bits per heavy atom. The average Bonchev–Trinajstić information content (AvgIpc) is 2.88. The van der Waals surface area contributed by atoms with Crippen LogP contribution < -0.4 is 10.1 Å². The quantitative estimate of drug-likeness (QED) is 0.643. The van der Waals surface area contributed by atoms with Crippen LogP contribution in [0.5, 0.6) is 5.75 Å². The van der Waals surface area contributed by atoms with Gasteiger partial charge in [0.1, 0.15) is 5.69 Å². The zero-order chi connectivity index (χ0) is 13.0. The Labute approximate surface area is 106 Å². The number of benzene rings is 1. The Morgan fingerprint density at radius 1 is 1.44 bits per heavy atom. The second kappa shape index (κ2) is 5.71. The average molecular weight is 250 g/mol. The molecule has 0 saturated heterocycles. The SMILES string of the molecule is CNc1cccc(OCC2CCCC2)c1[N+](=O)[O-]. The predicted octanol–water partition coefficient (Wildman–Crippen LogP) is 3.21. The normalized spacial score (nSPS) is 15.6. The summed E-state index contributed by atoms with van der Waals surface area (Å²) in [5, 5.41) is 13.9. The zero-order valence-electron chi connectivity index (χ0n) is 10.5. The number of nitro benzene ring substituents is 1. The molecule has 0 bridgehead atoms. The van der Waals surface area contributed by atoms with Crippen molar-refractivity contribution < 1.29 is 9.66 Å². The molecule has 0 aliphatic heterocycles. The monoisotopic (exact) mass is 250 g/mol. The molecule has 98 valence electrons. The van der Waals surface area contributed by atoms with E-state index in [1.54, 1.807) is 25.2 Å². The van der Waals surface area contributed by atoms with Gasteiger partial charge < -0.3 is 10.1 Å². The minimum absolute atomic E-state index is 0.0259. The molecule has 0 spiro atoms. The van der Waals surface area contributed by atoms with Crippen molar-refractivity contribution in [3.8, 4) is 5.75 Å². The van der Waals surface area contributed by atoms with Crippen LogP contribution in [0.15, 0.2) is 18.2 Å². The van der Waals surface area contributed by atoms with E-state index < -0.39 is 4.92 Å². The van der Waals surface area contributed by atoms with Gasteiger partial charge in [0, 0.05) is 7.05 Å². The van der Waals surface area contributed by atoms with Crippen molar-refractivity contribution in [3.63, 3.8) is 0 Å². The van der Waals surface area contributed by atoms with Crippen LogP contribution in [0.1, 0.15) is 25.7 Å². The maximum atomic E-state index is 11.1. The predicted molar refractivity (Wildman–Crippen MR) is 70.1 cm³/mol. The van der Waals surface area contributed by atoms with Crippen molar-refractivity contribution in [3.05, 3.63) is 28.3 Å². The van der Waals surface area contributed by atoms with Gasteiger partial charge in [-0.05, 0) is 30.9 Å². The van der Waals surface area contributed by atoms with E-state index >= 15 is 0 Å². The standard InChI is InChI=1S/C13H18N2O3/c1-14-11-7-4-8-12(13(11)15(16)17)18-9-10-5-2-3-6-10/h4,7-8,10,14H,2-3,5-6,9H2,1H3. The molecule has 1 aliphatic rings. The van der Waals surface area contributed by atoms with Crippen molar-refractivity contribution in [1.82, 2.24) is 0 Å². The highest BCUT2D eigenvalue weighted by atomic mass is 16.6. The maximum Gasteiger partial charge on any atom is 0.333 e. The third-order valence-electron chi connectivity index (χ3n) is 3.40. The third kappa shape index (κ3) is 2.72. The van der Waals surface area contributed by atoms with E-state index in [0.29, 0.717) is 24.0 Å². The number of ether oxygens (including phenoxy) is 1. The van der Waals surface area contributed by atoms with Crippen LogP contribution in [-0.4, -0.2) is 18.6 Å². The number of hydrogen-bond acceptors (Lipinski definition) is 4. The number of hydrogen-bond donors (Lipinski definition) is 1. The second-order valence-electron chi connectivity index (χ2n) is 4.62. The summed E-state index contributed by atoms with van der Waals surface area (Å²) in [5.74, 6) is 0.904. The minimum atomic E-state index is -0.393. The molecule has 5 heteroatoms. The molecule has 2 rings (SSSR count). The fraction of sp³-hybridized carbons (Fsp3) is 0.538. The second-order valence-corrected chi connectivity index (χ2v) is 4.62. The number of nitrogens with zero attached hydrogens (tertiary/aromatic N) is 1. The summed E-state index contributed by atoms with van der Waals surface area (Å²) in [7, 11) is 1.67. The lowest BCUT2D eigenvalue weighted by Gasteiger charge is -2.12. The van der Waals surface area contributed by atoms with E-state index in [0.717, 1.165) is 0 Å². The summed E-state index contributed by atoms with van der Waals surface area (Å²) in [6.07, 6.45) is 4.82. The lowest BCUT2D eigenvalue weighted by atomic mass is 10.1. The van der Waals surface area contributed by atoms with Crippen LogP contribution in [0.4, 0.5) is 11.4 Å². The Morgan fingerprint density at radius 3 is 2.78 bits per heavy atom. The molecule has 1 saturated carbocycles. The van der Waals surface area contributed by atoms with Gasteiger partial charge in [-0.3, -0.25) is 10.1 Å². The molecule has 1 aromatic rings. The fourth-order valence-corrected chi connectivity index (χ4v) is 2.41. The summed E-state index contributed by atoms with van der Waals surface area (Å²) >= 11 is 0. The molecule has 1 N–H and O–H groups in total. The summed E-state index contributed by atoms with van der Waals surface area (Å²) in [5.41, 5.74) is 0.516. The van der Waals surface area contributed by atoms with Gasteiger partial charge in [0.15, 0.2) is 5.75 Å². The fourth-order valence-electron chi connectivity index (χ4n) is 2.41. The Kier molecular flexibility index (Phi) is 4.02. The molecular weight excluding hydrogens is 232 g/mol. The van der Waals surface area contributed by atoms with Crippen molar-refractivity contribution in [1.29, 1.82) is 0 Å². The Bertz CT molecular complexity index is 428. The van der Waals surface area contributed by atoms with E-state index in [9.17, 15) is 10.1 Å². The Balaban J connectivity index is 2.13. The number of nitro groups is 1. The van der Waals surface area contributed by atoms with Crippen LogP contribution >= 0.6 is 0 Å². The molecule has 0 radical (unpaired) electrons. The van der Waals surface area contributed by atoms with E-state index in [2.05, 4.69) is 5.32 Å². The number of nitrogens with one attached hydrogen (secondary N) is 1. The first-order valence-corrected chi connectivity index (χ1v) is 6.30. The zero-order valence-corrected chi connectivity index (χ0v) is 10.5. The van der Waals surface area contributed by atoms with Gasteiger partial charge in [-0.25, -0.2) is 0 Å². The molecule has 18 heavy (non-hydrogen) atoms. The summed E-state index contributed by atoms with van der Waals surface area (Å²) in [6.45, 7) is 0.577. The smallest absolute Gasteiger partial charge is 0.333 e. The number of rotatable bonds is 5. The highest BCUT2D eigenvalue weighted by Crippen LogP contribution is 2.35. The molecule has 0 heterocycles. The van der Waals surface area contributed by atoms with Crippen LogP contribution in [0, 0.1) is 16.0 Å². The van der Waals surface area contributed by atoms with E-state index in [1.165, 1.54) is 25.7 Å². The molecule has 1 aliphatic carbocycles. The highest BCUT2D eigenvalue weighted by molar-refractivity contribution is 5.68. The van der Waals surface area contributed by atoms with Crippen molar-refractivity contribution in [2.75, 3.05) is 19.0 Å². The van der Waals surface area contributed by atoms with Gasteiger partial charge in [0.05, 0.1) is 11.5 Å². The van der Waals surface area contributed by atoms with E-state index in [-0.39, 0.29) is 5.69 Å². The molecule has 1 fully saturated rings. The topological polar surface area (TPSA) is 64.4 Å². The van der Waals surface area contributed by atoms with E-state index in [1.807, 2.05) is 0 Å². The van der Waals surface area contributed by atoms with Crippen LogP contribution in [0.25, 0.3) is 0 Å². The number of anilines is 1. The van der Waals surface area contributed by atoms with Gasteiger partial charge >= 0.3 is 5.69 Å². The van der Waals surface area contributed by atoms with Gasteiger partial charge in [-0.2, -0.15) is 0 Å². The van der Waals surface area contributed by atoms with Crippen molar-refractivity contribution in [2.24, 2.45) is 5.92 Å². The number of para-hydroxylation sites is 1. The molecule has 0 amide bonds. The first-order valence-electron chi connectivity index (χ1n) is 6.30. The van der Waals surface area contributed by atoms with Crippen LogP contribution in [0.2, 0.25) is 0 Å². The lowest BCUT2D eigenvalue weighted by Crippen LogP contribution is -2.09. The molecule has 0 aromatic heterocycles. The summed E-state index contributed by atoms with van der Waals surface area (Å²) in [4.78, 5) is 10.7. The first kappa shape index (κ1) is 12.7. The highest BCUT2D eigenvalue weighted by Gasteiger charge is 2.22. The van der Waals surface area contributed by atoms with Crippen LogP contribution in [0.3, 0.4) is 0 Å². The van der Waals surface area contributed by atoms with E-state index in [4.69, 9.17) is 4.74 Å². The van der Waals surface area contributed by atoms with Crippen LogP contribution in [-0.2, 0) is 0 Å². The summed E-state index contributed by atoms with van der Waals surface area (Å²) in [6, 6.07) is 5.11. The van der Waals surface area contributed by atoms with Crippen molar-refractivity contribution >= 4 is 11.4 Å². The molecular formula is C13H18N2O3. The largest absolute Gasteiger partial charge is 0.486 e. The lowest BCUT2D eigenvalue weighted by molar-refractivity contribution is -0.385. The van der Waals surface area contributed by atoms with Gasteiger partial charge in [-0.15, -0.1) is 0 Å². The van der Waals surface area contributed by atoms with Gasteiger partial charge in [-0.1, -0.05) is 18.9 Å². The molecule has 5 nitrogen and oxygen atoms in total. The molecule has 1 aromatic carbocycles. The molecule has 0 atom stereocenters. The van der Waals surface area contributed by atoms with Gasteiger partial charge in [0.25, 0.3) is 0 Å². The molecule has 0 unspecified atom stereocenters. The summed E-state index contributed by atoms with van der Waals surface area (Å²) < 4.78 is 5.64.